The second-order valence-corrected chi connectivity index (χ2v) is 21.0. The normalized spacial score (nSPS) is 53.2. The first-order chi connectivity index (χ1) is 30.4. The molecule has 19 heteroatoms. The van der Waals surface area contributed by atoms with E-state index >= 15 is 0 Å². The molecular weight excluding hydrogens is 844 g/mol. The molecular formula is C45H74O19. The number of allylic oxidation sites excluding steroid dienone is 1. The van der Waals surface area contributed by atoms with Crippen LogP contribution >= 0.6 is 0 Å². The van der Waals surface area contributed by atoms with Crippen molar-refractivity contribution in [2.45, 2.75) is 196 Å². The van der Waals surface area contributed by atoms with E-state index in [4.69, 9.17) is 33.2 Å². The van der Waals surface area contributed by atoms with Crippen LogP contribution in [0.15, 0.2) is 11.3 Å². The van der Waals surface area contributed by atoms with E-state index in [0.717, 1.165) is 50.7 Å². The Morgan fingerprint density at radius 2 is 1.25 bits per heavy atom. The highest BCUT2D eigenvalue weighted by Crippen LogP contribution is 2.70. The summed E-state index contributed by atoms with van der Waals surface area (Å²) < 4.78 is 41.9. The summed E-state index contributed by atoms with van der Waals surface area (Å²) in [5.41, 5.74) is 1.18. The highest BCUT2D eigenvalue weighted by atomic mass is 16.8. The van der Waals surface area contributed by atoms with Gasteiger partial charge in [-0.05, 0) is 104 Å². The molecule has 4 saturated carbocycles. The lowest BCUT2D eigenvalue weighted by Gasteiger charge is -2.61. The van der Waals surface area contributed by atoms with Gasteiger partial charge < -0.3 is 94.4 Å². The number of hydrogen-bond acceptors (Lipinski definition) is 19. The van der Waals surface area contributed by atoms with Gasteiger partial charge in [-0.25, -0.2) is 0 Å². The van der Waals surface area contributed by atoms with Crippen molar-refractivity contribution in [1.82, 2.24) is 0 Å². The molecule has 7 fully saturated rings. The van der Waals surface area contributed by atoms with E-state index in [1.165, 1.54) is 5.57 Å². The predicted octanol–water partition coefficient (Wildman–Crippen LogP) is -1.86. The minimum atomic E-state index is -1.79. The van der Waals surface area contributed by atoms with Crippen molar-refractivity contribution < 1.29 is 94.4 Å². The van der Waals surface area contributed by atoms with Crippen molar-refractivity contribution in [3.05, 3.63) is 11.3 Å². The SMILES string of the molecule is CC1=C(CCC(C)CO[C@@H]2O[C@H](CO)[C@@H](O)[C@H](O)[C@H]2O)OC2CC3C4CC[C@@H]5C[C@@H](O[C@@H]6O[C@H](CO)[C@H](O)[C@H](O)[C@H]6O[C@@H]6O[C@H](CO)[C@@H](O)[C@H](O)[C@H]6O)[C@@H](O)C[C@]5(C)C4CC[C@]3(C)C12. The molecule has 368 valence electrons. The van der Waals surface area contributed by atoms with Gasteiger partial charge in [-0.15, -0.1) is 0 Å². The Morgan fingerprint density at radius 1 is 0.656 bits per heavy atom. The third kappa shape index (κ3) is 8.63. The number of aliphatic hydroxyl groups excluding tert-OH is 12. The standard InChI is InChI=1S/C45H74O19/c1-18(17-58-41-38(56)35(53)32(50)28(14-46)61-41)5-8-25-19(2)31-27(59-25)12-23-21-7-6-20-11-26(24(49)13-45(20,4)22(21)9-10-44(23,31)3)60-43-40(37(55)34(52)30(16-48)63-43)64-42-39(57)36(54)33(51)29(15-47)62-42/h18,20-24,26-43,46-57H,5-17H2,1-4H3/t18?,20-,21?,22?,23?,24+,26-,27?,28-,29-,30-,31?,32-,33-,34+,35+,36+,37+,38-,39-,40-,41-,42+,43-,44+,45+/m1/s1. The fourth-order valence-electron chi connectivity index (χ4n) is 13.7. The van der Waals surface area contributed by atoms with E-state index in [2.05, 4.69) is 20.8 Å². The fraction of sp³-hybridized carbons (Fsp3) is 0.956. The Kier molecular flexibility index (Phi) is 14.9. The van der Waals surface area contributed by atoms with Crippen molar-refractivity contribution in [1.29, 1.82) is 0 Å². The Bertz CT molecular complexity index is 1620. The fourth-order valence-corrected chi connectivity index (χ4v) is 13.7. The first kappa shape index (κ1) is 49.2. The molecule has 12 N–H and O–H groups in total. The number of hydrogen-bond donors (Lipinski definition) is 12. The average molecular weight is 919 g/mol. The van der Waals surface area contributed by atoms with Crippen molar-refractivity contribution in [2.24, 2.45) is 46.3 Å². The number of fused-ring (bicyclic) bond motifs is 7. The molecule has 0 bridgehead atoms. The van der Waals surface area contributed by atoms with Gasteiger partial charge in [-0.2, -0.15) is 0 Å². The van der Waals surface area contributed by atoms with Crippen LogP contribution in [0.2, 0.25) is 0 Å². The van der Waals surface area contributed by atoms with Crippen LogP contribution in [-0.2, 0) is 33.2 Å². The van der Waals surface area contributed by atoms with Crippen LogP contribution in [0.4, 0.5) is 0 Å². The highest BCUT2D eigenvalue weighted by Gasteiger charge is 2.65. The van der Waals surface area contributed by atoms with E-state index in [0.29, 0.717) is 36.5 Å². The summed E-state index contributed by atoms with van der Waals surface area (Å²) in [6.07, 6.45) is -16.4. The third-order valence-electron chi connectivity index (χ3n) is 17.4. The van der Waals surface area contributed by atoms with Gasteiger partial charge in [0.15, 0.2) is 18.9 Å². The molecule has 6 unspecified atom stereocenters. The minimum Gasteiger partial charge on any atom is -0.494 e. The molecule has 8 rings (SSSR count). The molecule has 4 aliphatic carbocycles. The molecule has 4 heterocycles. The van der Waals surface area contributed by atoms with Crippen molar-refractivity contribution in [2.75, 3.05) is 26.4 Å². The van der Waals surface area contributed by atoms with Crippen LogP contribution in [0.25, 0.3) is 0 Å². The summed E-state index contributed by atoms with van der Waals surface area (Å²) in [5.74, 6) is 2.88. The lowest BCUT2D eigenvalue weighted by atomic mass is 9.44. The zero-order valence-corrected chi connectivity index (χ0v) is 37.3. The van der Waals surface area contributed by atoms with Crippen LogP contribution in [-0.4, -0.2) is 198 Å². The lowest BCUT2D eigenvalue weighted by Crippen LogP contribution is -2.65. The summed E-state index contributed by atoms with van der Waals surface area (Å²) in [6, 6.07) is 0. The zero-order chi connectivity index (χ0) is 46.2. The summed E-state index contributed by atoms with van der Waals surface area (Å²) in [6.45, 7) is 7.37. The predicted molar refractivity (Wildman–Crippen MR) is 219 cm³/mol. The monoisotopic (exact) mass is 918 g/mol. The molecule has 8 aliphatic rings. The molecule has 0 aromatic carbocycles. The van der Waals surface area contributed by atoms with Gasteiger partial charge in [-0.3, -0.25) is 0 Å². The molecule has 19 nitrogen and oxygen atoms in total. The quantitative estimate of drug-likeness (QED) is 0.0902. The molecule has 0 spiro atoms. The number of aliphatic hydroxyl groups is 12. The maximum Gasteiger partial charge on any atom is 0.187 e. The molecule has 0 aromatic heterocycles. The smallest absolute Gasteiger partial charge is 0.187 e. The second kappa shape index (κ2) is 19.3. The van der Waals surface area contributed by atoms with Gasteiger partial charge in [0.1, 0.15) is 79.4 Å². The molecule has 4 aliphatic heterocycles. The van der Waals surface area contributed by atoms with E-state index in [1.54, 1.807) is 0 Å². The highest BCUT2D eigenvalue weighted by molar-refractivity contribution is 5.27. The molecule has 64 heavy (non-hydrogen) atoms. The summed E-state index contributed by atoms with van der Waals surface area (Å²) in [5, 5.41) is 125. The third-order valence-corrected chi connectivity index (χ3v) is 17.4. The van der Waals surface area contributed by atoms with Crippen LogP contribution in [0.1, 0.15) is 85.5 Å². The van der Waals surface area contributed by atoms with Crippen LogP contribution < -0.4 is 0 Å². The van der Waals surface area contributed by atoms with Gasteiger partial charge >= 0.3 is 0 Å². The van der Waals surface area contributed by atoms with E-state index in [-0.39, 0.29) is 35.4 Å². The van der Waals surface area contributed by atoms with Gasteiger partial charge in [0.2, 0.25) is 0 Å². The zero-order valence-electron chi connectivity index (χ0n) is 37.3. The van der Waals surface area contributed by atoms with Crippen molar-refractivity contribution in [3.8, 4) is 0 Å². The van der Waals surface area contributed by atoms with Crippen molar-refractivity contribution in [3.63, 3.8) is 0 Å². The van der Waals surface area contributed by atoms with Crippen LogP contribution in [0.5, 0.6) is 0 Å². The largest absolute Gasteiger partial charge is 0.494 e. The molecule has 0 amide bonds. The summed E-state index contributed by atoms with van der Waals surface area (Å²) >= 11 is 0. The van der Waals surface area contributed by atoms with Crippen LogP contribution in [0.3, 0.4) is 0 Å². The van der Waals surface area contributed by atoms with E-state index in [9.17, 15) is 61.3 Å². The van der Waals surface area contributed by atoms with Gasteiger partial charge in [0.25, 0.3) is 0 Å². The molecule has 0 radical (unpaired) electrons. The summed E-state index contributed by atoms with van der Waals surface area (Å²) in [7, 11) is 0. The Morgan fingerprint density at radius 3 is 1.89 bits per heavy atom. The van der Waals surface area contributed by atoms with Crippen molar-refractivity contribution >= 4 is 0 Å². The van der Waals surface area contributed by atoms with Gasteiger partial charge in [-0.1, -0.05) is 20.8 Å². The molecule has 26 atom stereocenters. The first-order valence-electron chi connectivity index (χ1n) is 23.6. The van der Waals surface area contributed by atoms with Gasteiger partial charge in [0, 0.05) is 12.3 Å². The lowest BCUT2D eigenvalue weighted by molar-refractivity contribution is -0.376. The molecule has 3 saturated heterocycles. The second-order valence-electron chi connectivity index (χ2n) is 21.0. The number of rotatable bonds is 13. The van der Waals surface area contributed by atoms with Crippen LogP contribution in [0, 0.1) is 46.3 Å². The molecule has 0 aromatic rings. The first-order valence-corrected chi connectivity index (χ1v) is 23.6. The van der Waals surface area contributed by atoms with E-state index < -0.39 is 124 Å². The van der Waals surface area contributed by atoms with E-state index in [1.807, 2.05) is 6.92 Å². The maximum atomic E-state index is 11.9. The Labute approximate surface area is 373 Å². The minimum absolute atomic E-state index is 0.0561. The Hall–Kier alpha value is -1.18. The maximum absolute atomic E-state index is 11.9. The average Bonchev–Trinajstić information content (AvgIpc) is 3.76. The Balaban J connectivity index is 0.888. The summed E-state index contributed by atoms with van der Waals surface area (Å²) in [4.78, 5) is 0. The van der Waals surface area contributed by atoms with Gasteiger partial charge in [0.05, 0.1) is 44.4 Å². The number of ether oxygens (including phenoxy) is 7. The topological polar surface area (TPSA) is 307 Å².